The first-order valence-corrected chi connectivity index (χ1v) is 6.27. The van der Waals surface area contributed by atoms with E-state index in [2.05, 4.69) is 13.8 Å². The van der Waals surface area contributed by atoms with Crippen LogP contribution in [-0.4, -0.2) is 22.8 Å². The number of unbranched alkanes of at least 4 members (excludes halogenated alkanes) is 2. The largest absolute Gasteiger partial charge is 0.333 e. The highest BCUT2D eigenvalue weighted by molar-refractivity contribution is 6.12. The summed E-state index contributed by atoms with van der Waals surface area (Å²) in [7, 11) is 0. The van der Waals surface area contributed by atoms with Crippen molar-refractivity contribution in [3.8, 4) is 0 Å². The highest BCUT2D eigenvalue weighted by Crippen LogP contribution is 2.11. The molecule has 1 aliphatic heterocycles. The molecule has 0 radical (unpaired) electrons. The Kier molecular flexibility index (Phi) is 5.55. The van der Waals surface area contributed by atoms with Gasteiger partial charge in [0.2, 0.25) is 0 Å². The number of amides is 2. The SMILES string of the molecule is CC(C)CCCCCC(=O)ON1C(=O)C=CC1=O. The fourth-order valence-electron chi connectivity index (χ4n) is 1.62. The highest BCUT2D eigenvalue weighted by atomic mass is 16.7. The first kappa shape index (κ1) is 14.4. The first-order chi connectivity index (χ1) is 8.50. The Morgan fingerprint density at radius 3 is 2.33 bits per heavy atom. The van der Waals surface area contributed by atoms with Crippen molar-refractivity contribution in [2.24, 2.45) is 5.92 Å². The Morgan fingerprint density at radius 2 is 1.78 bits per heavy atom. The standard InChI is InChI=1S/C13H19NO4/c1-10(2)6-4-3-5-7-13(17)18-14-11(15)8-9-12(14)16/h8-10H,3-7H2,1-2H3. The van der Waals surface area contributed by atoms with Crippen LogP contribution in [0.4, 0.5) is 0 Å². The number of carbonyl (C=O) groups excluding carboxylic acids is 3. The average molecular weight is 253 g/mol. The third-order valence-electron chi connectivity index (χ3n) is 2.62. The molecule has 0 aromatic heterocycles. The Morgan fingerprint density at radius 1 is 1.17 bits per heavy atom. The average Bonchev–Trinajstić information content (AvgIpc) is 2.60. The predicted octanol–water partition coefficient (Wildman–Crippen LogP) is 1.98. The number of hydroxylamine groups is 2. The molecule has 0 bridgehead atoms. The Hall–Kier alpha value is -1.65. The second-order valence-electron chi connectivity index (χ2n) is 4.76. The molecule has 5 heteroatoms. The molecule has 0 aromatic carbocycles. The summed E-state index contributed by atoms with van der Waals surface area (Å²) < 4.78 is 0. The lowest BCUT2D eigenvalue weighted by molar-refractivity contribution is -0.196. The maximum absolute atomic E-state index is 11.4. The molecule has 0 fully saturated rings. The third-order valence-corrected chi connectivity index (χ3v) is 2.62. The van der Waals surface area contributed by atoms with Crippen LogP contribution in [0.2, 0.25) is 0 Å². The van der Waals surface area contributed by atoms with Crippen LogP contribution in [-0.2, 0) is 19.2 Å². The maximum atomic E-state index is 11.4. The van der Waals surface area contributed by atoms with Gasteiger partial charge in [-0.15, -0.1) is 0 Å². The van der Waals surface area contributed by atoms with Crippen LogP contribution in [0.5, 0.6) is 0 Å². The molecule has 0 aromatic rings. The minimum Gasteiger partial charge on any atom is -0.330 e. The highest BCUT2D eigenvalue weighted by Gasteiger charge is 2.27. The van der Waals surface area contributed by atoms with Crippen LogP contribution in [0.1, 0.15) is 46.0 Å². The Balaban J connectivity index is 2.15. The number of carbonyl (C=O) groups is 3. The number of rotatable bonds is 7. The fourth-order valence-corrected chi connectivity index (χ4v) is 1.62. The summed E-state index contributed by atoms with van der Waals surface area (Å²) in [6, 6.07) is 0. The monoisotopic (exact) mass is 253 g/mol. The van der Waals surface area contributed by atoms with E-state index >= 15 is 0 Å². The zero-order chi connectivity index (χ0) is 13.5. The summed E-state index contributed by atoms with van der Waals surface area (Å²) in [4.78, 5) is 38.3. The number of imide groups is 1. The molecular weight excluding hydrogens is 234 g/mol. The van der Waals surface area contributed by atoms with Gasteiger partial charge >= 0.3 is 5.97 Å². The van der Waals surface area contributed by atoms with Gasteiger partial charge in [0, 0.05) is 18.6 Å². The van der Waals surface area contributed by atoms with Crippen molar-refractivity contribution >= 4 is 17.8 Å². The van der Waals surface area contributed by atoms with Crippen LogP contribution in [0.15, 0.2) is 12.2 Å². The van der Waals surface area contributed by atoms with Crippen molar-refractivity contribution in [3.05, 3.63) is 12.2 Å². The second kappa shape index (κ2) is 6.93. The molecule has 0 N–H and O–H groups in total. The van der Waals surface area contributed by atoms with Crippen LogP contribution < -0.4 is 0 Å². The van der Waals surface area contributed by atoms with Crippen molar-refractivity contribution in [1.82, 2.24) is 5.06 Å². The van der Waals surface area contributed by atoms with E-state index in [4.69, 9.17) is 4.84 Å². The molecule has 2 amide bonds. The van der Waals surface area contributed by atoms with Crippen LogP contribution in [0.3, 0.4) is 0 Å². The number of hydrogen-bond donors (Lipinski definition) is 0. The molecule has 0 spiro atoms. The van der Waals surface area contributed by atoms with Crippen molar-refractivity contribution in [2.45, 2.75) is 46.0 Å². The summed E-state index contributed by atoms with van der Waals surface area (Å²) in [5, 5.41) is 0.496. The summed E-state index contributed by atoms with van der Waals surface area (Å²) in [6.45, 7) is 4.32. The van der Waals surface area contributed by atoms with E-state index < -0.39 is 17.8 Å². The summed E-state index contributed by atoms with van der Waals surface area (Å²) in [5.41, 5.74) is 0. The lowest BCUT2D eigenvalue weighted by atomic mass is 10.0. The van der Waals surface area contributed by atoms with Crippen molar-refractivity contribution in [2.75, 3.05) is 0 Å². The molecule has 0 unspecified atom stereocenters. The Bertz CT molecular complexity index is 342. The van der Waals surface area contributed by atoms with E-state index in [0.717, 1.165) is 37.8 Å². The lowest BCUT2D eigenvalue weighted by Crippen LogP contribution is -2.32. The normalized spacial score (nSPS) is 14.7. The minimum atomic E-state index is -0.604. The molecule has 1 rings (SSSR count). The van der Waals surface area contributed by atoms with Crippen molar-refractivity contribution in [3.63, 3.8) is 0 Å². The maximum Gasteiger partial charge on any atom is 0.333 e. The molecule has 1 aliphatic rings. The molecule has 0 saturated heterocycles. The molecule has 18 heavy (non-hydrogen) atoms. The van der Waals surface area contributed by atoms with E-state index in [1.165, 1.54) is 0 Å². The second-order valence-corrected chi connectivity index (χ2v) is 4.76. The fraction of sp³-hybridized carbons (Fsp3) is 0.615. The molecule has 0 saturated carbocycles. The van der Waals surface area contributed by atoms with Gasteiger partial charge in [0.15, 0.2) is 0 Å². The van der Waals surface area contributed by atoms with Crippen LogP contribution in [0.25, 0.3) is 0 Å². The quantitative estimate of drug-likeness (QED) is 0.514. The van der Waals surface area contributed by atoms with Gasteiger partial charge in [0.25, 0.3) is 11.8 Å². The summed E-state index contributed by atoms with van der Waals surface area (Å²) in [5.74, 6) is -1.07. The predicted molar refractivity (Wildman–Crippen MR) is 65.0 cm³/mol. The van der Waals surface area contributed by atoms with Gasteiger partial charge in [-0.05, 0) is 12.3 Å². The van der Waals surface area contributed by atoms with E-state index in [9.17, 15) is 14.4 Å². The molecule has 100 valence electrons. The van der Waals surface area contributed by atoms with E-state index in [0.29, 0.717) is 11.0 Å². The van der Waals surface area contributed by atoms with Crippen LogP contribution in [0, 0.1) is 5.92 Å². The van der Waals surface area contributed by atoms with Gasteiger partial charge in [-0.1, -0.05) is 38.2 Å². The van der Waals surface area contributed by atoms with E-state index in [1.54, 1.807) is 0 Å². The van der Waals surface area contributed by atoms with Gasteiger partial charge in [0.05, 0.1) is 0 Å². The minimum absolute atomic E-state index is 0.231. The first-order valence-electron chi connectivity index (χ1n) is 6.27. The van der Waals surface area contributed by atoms with Crippen molar-refractivity contribution < 1.29 is 19.2 Å². The van der Waals surface area contributed by atoms with Gasteiger partial charge in [-0.3, -0.25) is 9.59 Å². The number of hydrogen-bond acceptors (Lipinski definition) is 4. The molecular formula is C13H19NO4. The Labute approximate surface area is 107 Å². The topological polar surface area (TPSA) is 63.7 Å². The van der Waals surface area contributed by atoms with E-state index in [-0.39, 0.29) is 6.42 Å². The molecule has 0 atom stereocenters. The zero-order valence-corrected chi connectivity index (χ0v) is 10.8. The van der Waals surface area contributed by atoms with Crippen LogP contribution >= 0.6 is 0 Å². The van der Waals surface area contributed by atoms with E-state index in [1.807, 2.05) is 0 Å². The smallest absolute Gasteiger partial charge is 0.330 e. The van der Waals surface area contributed by atoms with Gasteiger partial charge in [0.1, 0.15) is 0 Å². The molecule has 5 nitrogen and oxygen atoms in total. The summed E-state index contributed by atoms with van der Waals surface area (Å²) >= 11 is 0. The van der Waals surface area contributed by atoms with Gasteiger partial charge < -0.3 is 4.84 Å². The molecule has 1 heterocycles. The summed E-state index contributed by atoms with van der Waals surface area (Å²) in [6.07, 6.45) is 6.28. The van der Waals surface area contributed by atoms with Gasteiger partial charge in [-0.25, -0.2) is 4.79 Å². The third kappa shape index (κ3) is 4.69. The number of nitrogens with zero attached hydrogens (tertiary/aromatic N) is 1. The van der Waals surface area contributed by atoms with Crippen molar-refractivity contribution in [1.29, 1.82) is 0 Å². The molecule has 0 aliphatic carbocycles. The van der Waals surface area contributed by atoms with Gasteiger partial charge in [-0.2, -0.15) is 0 Å². The lowest BCUT2D eigenvalue weighted by Gasteiger charge is -2.12. The zero-order valence-electron chi connectivity index (χ0n) is 10.8.